The van der Waals surface area contributed by atoms with Crippen molar-refractivity contribution in [3.63, 3.8) is 0 Å². The van der Waals surface area contributed by atoms with E-state index in [0.717, 1.165) is 38.3 Å². The first-order valence-corrected chi connectivity index (χ1v) is 6.07. The molecule has 0 aromatic carbocycles. The summed E-state index contributed by atoms with van der Waals surface area (Å²) in [5.74, 6) is 1.01. The van der Waals surface area contributed by atoms with Crippen molar-refractivity contribution < 1.29 is 4.79 Å². The van der Waals surface area contributed by atoms with Crippen LogP contribution in [-0.2, 0) is 13.1 Å². The predicted octanol–water partition coefficient (Wildman–Crippen LogP) is 1.70. The molecule has 2 heterocycles. The summed E-state index contributed by atoms with van der Waals surface area (Å²) in [6.07, 6.45) is 7.33. The first kappa shape index (κ1) is 11.3. The van der Waals surface area contributed by atoms with E-state index in [2.05, 4.69) is 16.8 Å². The highest BCUT2D eigenvalue weighted by Gasteiger charge is 2.14. The summed E-state index contributed by atoms with van der Waals surface area (Å²) in [5.41, 5.74) is 0.697. The van der Waals surface area contributed by atoms with Crippen LogP contribution in [0.25, 0.3) is 0 Å². The first-order chi connectivity index (χ1) is 7.85. The lowest BCUT2D eigenvalue weighted by Crippen LogP contribution is -2.32. The smallest absolute Gasteiger partial charge is 0.168 e. The maximum absolute atomic E-state index is 10.9. The van der Waals surface area contributed by atoms with Crippen molar-refractivity contribution in [3.05, 3.63) is 17.7 Å². The third kappa shape index (κ3) is 2.32. The number of aromatic nitrogens is 2. The summed E-state index contributed by atoms with van der Waals surface area (Å²) in [5, 5.41) is 0. The molecule has 0 bridgehead atoms. The van der Waals surface area contributed by atoms with E-state index < -0.39 is 0 Å². The molecule has 1 aliphatic rings. The molecule has 1 aromatic rings. The maximum Gasteiger partial charge on any atom is 0.168 e. The van der Waals surface area contributed by atoms with Crippen molar-refractivity contribution in [1.82, 2.24) is 14.5 Å². The Morgan fingerprint density at radius 1 is 1.38 bits per heavy atom. The third-order valence-corrected chi connectivity index (χ3v) is 3.20. The highest BCUT2D eigenvalue weighted by Crippen LogP contribution is 2.12. The molecular weight excluding hydrogens is 202 g/mol. The zero-order valence-corrected chi connectivity index (χ0v) is 9.85. The standard InChI is InChI=1S/C12H19N3O/c1-2-12-13-8-11(9-16)15(12)10-14-6-4-3-5-7-14/h8-9H,2-7,10H2,1H3. The van der Waals surface area contributed by atoms with E-state index in [1.54, 1.807) is 6.20 Å². The second-order valence-electron chi connectivity index (χ2n) is 4.32. The van der Waals surface area contributed by atoms with Crippen molar-refractivity contribution in [3.8, 4) is 0 Å². The number of hydrogen-bond donors (Lipinski definition) is 0. The van der Waals surface area contributed by atoms with Crippen LogP contribution in [0.4, 0.5) is 0 Å². The summed E-state index contributed by atoms with van der Waals surface area (Å²) >= 11 is 0. The van der Waals surface area contributed by atoms with Crippen LogP contribution in [0.5, 0.6) is 0 Å². The van der Waals surface area contributed by atoms with E-state index in [-0.39, 0.29) is 0 Å². The Kier molecular flexibility index (Phi) is 3.72. The molecule has 0 amide bonds. The molecule has 0 atom stereocenters. The first-order valence-electron chi connectivity index (χ1n) is 6.07. The molecule has 4 heteroatoms. The SMILES string of the molecule is CCc1ncc(C=O)n1CN1CCCCC1. The van der Waals surface area contributed by atoms with Gasteiger partial charge in [-0.1, -0.05) is 13.3 Å². The fourth-order valence-corrected chi connectivity index (χ4v) is 2.27. The van der Waals surface area contributed by atoms with Crippen molar-refractivity contribution in [2.75, 3.05) is 13.1 Å². The normalized spacial score (nSPS) is 17.6. The summed E-state index contributed by atoms with van der Waals surface area (Å²) in [4.78, 5) is 17.6. The van der Waals surface area contributed by atoms with Gasteiger partial charge >= 0.3 is 0 Å². The van der Waals surface area contributed by atoms with Crippen molar-refractivity contribution in [2.24, 2.45) is 0 Å². The molecule has 1 aliphatic heterocycles. The molecule has 16 heavy (non-hydrogen) atoms. The number of aryl methyl sites for hydroxylation is 1. The summed E-state index contributed by atoms with van der Waals surface area (Å²) in [6.45, 7) is 5.17. The zero-order valence-electron chi connectivity index (χ0n) is 9.85. The van der Waals surface area contributed by atoms with Crippen LogP contribution in [0, 0.1) is 0 Å². The third-order valence-electron chi connectivity index (χ3n) is 3.20. The second-order valence-corrected chi connectivity index (χ2v) is 4.32. The van der Waals surface area contributed by atoms with Gasteiger partial charge in [0.1, 0.15) is 11.5 Å². The zero-order chi connectivity index (χ0) is 11.4. The van der Waals surface area contributed by atoms with E-state index >= 15 is 0 Å². The van der Waals surface area contributed by atoms with E-state index in [4.69, 9.17) is 0 Å². The Hall–Kier alpha value is -1.16. The fraction of sp³-hybridized carbons (Fsp3) is 0.667. The minimum atomic E-state index is 0.697. The minimum absolute atomic E-state index is 0.697. The van der Waals surface area contributed by atoms with Crippen LogP contribution in [0.15, 0.2) is 6.20 Å². The number of piperidine rings is 1. The Labute approximate surface area is 96.3 Å². The number of nitrogens with zero attached hydrogens (tertiary/aromatic N) is 3. The topological polar surface area (TPSA) is 38.1 Å². The molecule has 88 valence electrons. The Morgan fingerprint density at radius 3 is 2.75 bits per heavy atom. The predicted molar refractivity (Wildman–Crippen MR) is 62.4 cm³/mol. The van der Waals surface area contributed by atoms with Crippen LogP contribution in [0.2, 0.25) is 0 Å². The van der Waals surface area contributed by atoms with Gasteiger partial charge in [0.2, 0.25) is 0 Å². The Bertz CT molecular complexity index is 353. The van der Waals surface area contributed by atoms with Crippen LogP contribution in [0.3, 0.4) is 0 Å². The van der Waals surface area contributed by atoms with E-state index in [1.807, 2.05) is 4.57 Å². The number of carbonyl (C=O) groups is 1. The van der Waals surface area contributed by atoms with Gasteiger partial charge in [-0.15, -0.1) is 0 Å². The lowest BCUT2D eigenvalue weighted by atomic mass is 10.1. The van der Waals surface area contributed by atoms with Crippen LogP contribution >= 0.6 is 0 Å². The monoisotopic (exact) mass is 221 g/mol. The molecule has 0 N–H and O–H groups in total. The molecule has 1 fully saturated rings. The number of hydrogen-bond acceptors (Lipinski definition) is 3. The lowest BCUT2D eigenvalue weighted by molar-refractivity contribution is 0.110. The van der Waals surface area contributed by atoms with Gasteiger partial charge in [-0.05, 0) is 25.9 Å². The molecule has 0 aliphatic carbocycles. The number of likely N-dealkylation sites (tertiary alicyclic amines) is 1. The van der Waals surface area contributed by atoms with Gasteiger partial charge in [0, 0.05) is 6.42 Å². The van der Waals surface area contributed by atoms with Crippen LogP contribution < -0.4 is 0 Å². The van der Waals surface area contributed by atoms with Crippen LogP contribution in [0.1, 0.15) is 42.5 Å². The van der Waals surface area contributed by atoms with Gasteiger partial charge in [0.25, 0.3) is 0 Å². The molecule has 1 saturated heterocycles. The van der Waals surface area contributed by atoms with E-state index in [9.17, 15) is 4.79 Å². The largest absolute Gasteiger partial charge is 0.312 e. The molecule has 4 nitrogen and oxygen atoms in total. The van der Waals surface area contributed by atoms with Gasteiger partial charge in [0.05, 0.1) is 12.9 Å². The van der Waals surface area contributed by atoms with Gasteiger partial charge < -0.3 is 4.57 Å². The average Bonchev–Trinajstić information content (AvgIpc) is 2.72. The van der Waals surface area contributed by atoms with E-state index in [1.165, 1.54) is 19.3 Å². The van der Waals surface area contributed by atoms with Crippen molar-refractivity contribution in [1.29, 1.82) is 0 Å². The summed E-state index contributed by atoms with van der Waals surface area (Å²) in [6, 6.07) is 0. The molecular formula is C12H19N3O. The molecule has 0 saturated carbocycles. The van der Waals surface area contributed by atoms with Gasteiger partial charge in [-0.3, -0.25) is 9.69 Å². The Morgan fingerprint density at radius 2 is 2.12 bits per heavy atom. The summed E-state index contributed by atoms with van der Waals surface area (Å²) < 4.78 is 2.04. The van der Waals surface area contributed by atoms with Crippen molar-refractivity contribution in [2.45, 2.75) is 39.3 Å². The fourth-order valence-electron chi connectivity index (χ4n) is 2.27. The molecule has 2 rings (SSSR count). The van der Waals surface area contributed by atoms with Crippen LogP contribution in [-0.4, -0.2) is 33.8 Å². The van der Waals surface area contributed by atoms with Gasteiger partial charge in [0.15, 0.2) is 6.29 Å². The number of carbonyl (C=O) groups excluding carboxylic acids is 1. The molecule has 0 unspecified atom stereocenters. The van der Waals surface area contributed by atoms with E-state index in [0.29, 0.717) is 5.69 Å². The average molecular weight is 221 g/mol. The number of imidazole rings is 1. The quantitative estimate of drug-likeness (QED) is 0.726. The number of aldehydes is 1. The second kappa shape index (κ2) is 5.25. The highest BCUT2D eigenvalue weighted by molar-refractivity contribution is 5.71. The Balaban J connectivity index is 2.11. The maximum atomic E-state index is 10.9. The minimum Gasteiger partial charge on any atom is -0.312 e. The highest BCUT2D eigenvalue weighted by atomic mass is 16.1. The number of rotatable bonds is 4. The molecule has 0 radical (unpaired) electrons. The molecule has 1 aromatic heterocycles. The lowest BCUT2D eigenvalue weighted by Gasteiger charge is -2.27. The van der Waals surface area contributed by atoms with Crippen molar-refractivity contribution >= 4 is 6.29 Å². The molecule has 0 spiro atoms. The van der Waals surface area contributed by atoms with Gasteiger partial charge in [-0.2, -0.15) is 0 Å². The summed E-state index contributed by atoms with van der Waals surface area (Å²) in [7, 11) is 0. The van der Waals surface area contributed by atoms with Gasteiger partial charge in [-0.25, -0.2) is 4.98 Å².